The molecule has 0 aliphatic heterocycles. The molecule has 0 heterocycles. The highest BCUT2D eigenvalue weighted by Crippen LogP contribution is 2.10. The van der Waals surface area contributed by atoms with Crippen LogP contribution in [0.3, 0.4) is 0 Å². The second kappa shape index (κ2) is 5.39. The third-order valence-corrected chi connectivity index (χ3v) is 5.13. The number of benzene rings is 1. The van der Waals surface area contributed by atoms with E-state index in [1.807, 2.05) is 24.3 Å². The van der Waals surface area contributed by atoms with Crippen molar-refractivity contribution in [1.82, 2.24) is 0 Å². The van der Waals surface area contributed by atoms with E-state index in [-0.39, 0.29) is 0 Å². The summed E-state index contributed by atoms with van der Waals surface area (Å²) in [7, 11) is 2.03. The van der Waals surface area contributed by atoms with Gasteiger partial charge in [-0.3, -0.25) is 0 Å². The third-order valence-electron chi connectivity index (χ3n) is 2.37. The molecule has 2 N–H and O–H groups in total. The van der Waals surface area contributed by atoms with E-state index in [0.29, 0.717) is 6.54 Å². The number of hydrogen-bond acceptors (Lipinski definition) is 4. The molecule has 5 heteroatoms. The first-order valence-electron chi connectivity index (χ1n) is 4.68. The first-order valence-corrected chi connectivity index (χ1v) is 6.40. The molecule has 4 nitrogen and oxygen atoms in total. The lowest BCUT2D eigenvalue weighted by Gasteiger charge is -2.26. The molecule has 84 valence electrons. The average Bonchev–Trinajstić information content (AvgIpc) is 2.33. The zero-order valence-electron chi connectivity index (χ0n) is 9.32. The van der Waals surface area contributed by atoms with Crippen LogP contribution in [0.5, 0.6) is 0 Å². The van der Waals surface area contributed by atoms with Crippen LogP contribution in [-0.4, -0.2) is 30.1 Å². The van der Waals surface area contributed by atoms with Crippen molar-refractivity contribution < 1.29 is 13.3 Å². The summed E-state index contributed by atoms with van der Waals surface area (Å²) in [6, 6.07) is 7.75. The van der Waals surface area contributed by atoms with Crippen LogP contribution in [0, 0.1) is 0 Å². The Bertz CT molecular complexity index is 307. The minimum atomic E-state index is -2.74. The molecule has 1 aromatic rings. The van der Waals surface area contributed by atoms with Gasteiger partial charge >= 0.3 is 8.80 Å². The van der Waals surface area contributed by atoms with E-state index in [1.165, 1.54) is 0 Å². The van der Waals surface area contributed by atoms with Gasteiger partial charge in [-0.1, -0.05) is 24.3 Å². The van der Waals surface area contributed by atoms with E-state index in [0.717, 1.165) is 10.8 Å². The van der Waals surface area contributed by atoms with E-state index >= 15 is 0 Å². The van der Waals surface area contributed by atoms with E-state index in [2.05, 4.69) is 0 Å². The molecule has 0 spiro atoms. The second-order valence-corrected chi connectivity index (χ2v) is 5.91. The van der Waals surface area contributed by atoms with Gasteiger partial charge in [-0.2, -0.15) is 0 Å². The molecule has 1 aromatic carbocycles. The lowest BCUT2D eigenvalue weighted by atomic mass is 10.2. The van der Waals surface area contributed by atoms with Gasteiger partial charge in [-0.05, 0) is 5.56 Å². The molecule has 1 rings (SSSR count). The van der Waals surface area contributed by atoms with Gasteiger partial charge in [0.15, 0.2) is 0 Å². The third kappa shape index (κ3) is 2.27. The fourth-order valence-corrected chi connectivity index (χ4v) is 3.62. The van der Waals surface area contributed by atoms with Crippen LogP contribution >= 0.6 is 0 Å². The predicted octanol–water partition coefficient (Wildman–Crippen LogP) is 0.230. The van der Waals surface area contributed by atoms with Crippen LogP contribution < -0.4 is 10.9 Å². The molecule has 0 bridgehead atoms. The minimum Gasteiger partial charge on any atom is -0.373 e. The molecule has 0 aromatic heterocycles. The summed E-state index contributed by atoms with van der Waals surface area (Å²) in [6.07, 6.45) is 0. The smallest absolute Gasteiger partial charge is 0.373 e. The summed E-state index contributed by atoms with van der Waals surface area (Å²) in [5.41, 5.74) is 6.66. The highest BCUT2D eigenvalue weighted by molar-refractivity contribution is 6.75. The highest BCUT2D eigenvalue weighted by Gasteiger charge is 2.42. The molecule has 0 radical (unpaired) electrons. The molecule has 0 aliphatic rings. The van der Waals surface area contributed by atoms with Crippen molar-refractivity contribution in [2.24, 2.45) is 5.73 Å². The lowest BCUT2D eigenvalue weighted by molar-refractivity contribution is 0.140. The first kappa shape index (κ1) is 12.3. The Morgan fingerprint density at radius 2 is 1.60 bits per heavy atom. The van der Waals surface area contributed by atoms with Crippen molar-refractivity contribution >= 4 is 14.0 Å². The molecule has 0 saturated heterocycles. The fraction of sp³-hybridized carbons (Fsp3) is 0.400. The quantitative estimate of drug-likeness (QED) is 0.732. The van der Waals surface area contributed by atoms with Crippen LogP contribution in [0.25, 0.3) is 0 Å². The van der Waals surface area contributed by atoms with Crippen molar-refractivity contribution in [3.05, 3.63) is 29.8 Å². The maximum Gasteiger partial charge on any atom is 0.536 e. The first-order chi connectivity index (χ1) is 7.24. The lowest BCUT2D eigenvalue weighted by Crippen LogP contribution is -2.56. The summed E-state index contributed by atoms with van der Waals surface area (Å²) in [6.45, 7) is 0.445. The molecule has 0 atom stereocenters. The Kier molecular flexibility index (Phi) is 4.43. The summed E-state index contributed by atoms with van der Waals surface area (Å²) in [5.74, 6) is 0. The minimum absolute atomic E-state index is 0.445. The van der Waals surface area contributed by atoms with E-state index in [1.54, 1.807) is 21.3 Å². The monoisotopic (exact) mass is 227 g/mol. The van der Waals surface area contributed by atoms with Crippen LogP contribution in [0.2, 0.25) is 0 Å². The SMILES string of the molecule is CO[Si](OC)(OC)c1ccccc1CN. The Balaban J connectivity index is 3.21. The van der Waals surface area contributed by atoms with Crippen molar-refractivity contribution in [3.8, 4) is 0 Å². The van der Waals surface area contributed by atoms with Crippen molar-refractivity contribution in [3.63, 3.8) is 0 Å². The van der Waals surface area contributed by atoms with Crippen molar-refractivity contribution in [2.45, 2.75) is 6.54 Å². The Morgan fingerprint density at radius 1 is 1.07 bits per heavy atom. The molecular formula is C10H17NO3Si. The second-order valence-electron chi connectivity index (χ2n) is 3.03. The van der Waals surface area contributed by atoms with E-state index in [4.69, 9.17) is 19.0 Å². The van der Waals surface area contributed by atoms with Crippen LogP contribution in [-0.2, 0) is 19.8 Å². The van der Waals surface area contributed by atoms with Crippen LogP contribution in [0.4, 0.5) is 0 Å². The van der Waals surface area contributed by atoms with Gasteiger partial charge in [0.25, 0.3) is 0 Å². The molecule has 0 amide bonds. The molecule has 0 fully saturated rings. The van der Waals surface area contributed by atoms with E-state index in [9.17, 15) is 0 Å². The summed E-state index contributed by atoms with van der Waals surface area (Å²) in [5, 5.41) is 0.931. The zero-order chi connectivity index (χ0) is 11.3. The van der Waals surface area contributed by atoms with Gasteiger partial charge in [0.05, 0.1) is 0 Å². The summed E-state index contributed by atoms with van der Waals surface area (Å²) >= 11 is 0. The van der Waals surface area contributed by atoms with Crippen molar-refractivity contribution in [2.75, 3.05) is 21.3 Å². The zero-order valence-corrected chi connectivity index (χ0v) is 10.3. The van der Waals surface area contributed by atoms with Crippen LogP contribution in [0.1, 0.15) is 5.56 Å². The van der Waals surface area contributed by atoms with Gasteiger partial charge in [-0.25, -0.2) is 0 Å². The largest absolute Gasteiger partial charge is 0.536 e. The van der Waals surface area contributed by atoms with E-state index < -0.39 is 8.80 Å². The maximum absolute atomic E-state index is 5.67. The van der Waals surface area contributed by atoms with Gasteiger partial charge in [-0.15, -0.1) is 0 Å². The molecule has 0 aliphatic carbocycles. The van der Waals surface area contributed by atoms with Gasteiger partial charge in [0.1, 0.15) is 0 Å². The maximum atomic E-state index is 5.67. The normalized spacial score (nSPS) is 11.7. The number of hydrogen-bond donors (Lipinski definition) is 1. The topological polar surface area (TPSA) is 53.7 Å². The molecular weight excluding hydrogens is 210 g/mol. The van der Waals surface area contributed by atoms with Crippen molar-refractivity contribution in [1.29, 1.82) is 0 Å². The number of nitrogens with two attached hydrogens (primary N) is 1. The van der Waals surface area contributed by atoms with Gasteiger partial charge in [0, 0.05) is 33.1 Å². The average molecular weight is 227 g/mol. The van der Waals surface area contributed by atoms with Gasteiger partial charge in [0.2, 0.25) is 0 Å². The number of rotatable bonds is 5. The predicted molar refractivity (Wildman–Crippen MR) is 60.7 cm³/mol. The standard InChI is InChI=1S/C10H17NO3Si/c1-12-15(13-2,14-3)10-7-5-4-6-9(10)8-11/h4-7H,8,11H2,1-3H3. The fourth-order valence-electron chi connectivity index (χ4n) is 1.58. The molecule has 0 saturated carbocycles. The highest BCUT2D eigenvalue weighted by atomic mass is 28.4. The van der Waals surface area contributed by atoms with Gasteiger partial charge < -0.3 is 19.0 Å². The molecule has 15 heavy (non-hydrogen) atoms. The summed E-state index contributed by atoms with van der Waals surface area (Å²) < 4.78 is 16.2. The van der Waals surface area contributed by atoms with Crippen LogP contribution in [0.15, 0.2) is 24.3 Å². The Morgan fingerprint density at radius 3 is 2.07 bits per heavy atom. The Hall–Kier alpha value is -0.723. The Labute approximate surface area is 91.3 Å². The molecule has 0 unspecified atom stereocenters. The summed E-state index contributed by atoms with van der Waals surface area (Å²) in [4.78, 5) is 0.